The summed E-state index contributed by atoms with van der Waals surface area (Å²) in [5, 5.41) is 0. The molecule has 0 unspecified atom stereocenters. The molecule has 0 aromatic heterocycles. The van der Waals surface area contributed by atoms with Gasteiger partial charge in [0, 0.05) is 18.7 Å². The van der Waals surface area contributed by atoms with Crippen LogP contribution < -0.4 is 15.2 Å². The van der Waals surface area contributed by atoms with E-state index in [-0.39, 0.29) is 0 Å². The van der Waals surface area contributed by atoms with Gasteiger partial charge in [-0.3, -0.25) is 0 Å². The fraction of sp³-hybridized carbons (Fsp3) is 0.538. The van der Waals surface area contributed by atoms with Gasteiger partial charge in [0.05, 0.1) is 13.7 Å². The Balaban J connectivity index is 2.52. The lowest BCUT2D eigenvalue weighted by molar-refractivity contribution is 0.279. The summed E-state index contributed by atoms with van der Waals surface area (Å²) in [6.07, 6.45) is 1.00. The van der Waals surface area contributed by atoms with Crippen LogP contribution in [0.25, 0.3) is 0 Å². The number of nitrogens with zero attached hydrogens (tertiary/aromatic N) is 1. The van der Waals surface area contributed by atoms with E-state index >= 15 is 0 Å². The predicted molar refractivity (Wildman–Crippen MR) is 69.6 cm³/mol. The Kier molecular flexibility index (Phi) is 5.80. The monoisotopic (exact) mass is 238 g/mol. The van der Waals surface area contributed by atoms with Gasteiger partial charge in [-0.2, -0.15) is 0 Å². The molecule has 0 atom stereocenters. The fourth-order valence-electron chi connectivity index (χ4n) is 1.55. The maximum atomic E-state index is 5.72. The van der Waals surface area contributed by atoms with Crippen molar-refractivity contribution in [2.24, 2.45) is 5.73 Å². The predicted octanol–water partition coefficient (Wildman–Crippen LogP) is 1.48. The van der Waals surface area contributed by atoms with Crippen LogP contribution in [0.2, 0.25) is 0 Å². The molecule has 1 aromatic rings. The van der Waals surface area contributed by atoms with Crippen LogP contribution in [0.15, 0.2) is 18.2 Å². The highest BCUT2D eigenvalue weighted by atomic mass is 16.5. The quantitative estimate of drug-likeness (QED) is 0.731. The van der Waals surface area contributed by atoms with Gasteiger partial charge in [-0.1, -0.05) is 0 Å². The molecule has 0 aliphatic heterocycles. The van der Waals surface area contributed by atoms with Crippen molar-refractivity contribution in [3.63, 3.8) is 0 Å². The third-order valence-electron chi connectivity index (χ3n) is 2.49. The number of benzene rings is 1. The van der Waals surface area contributed by atoms with E-state index in [1.807, 2.05) is 18.2 Å². The molecule has 4 heteroatoms. The Morgan fingerprint density at radius 1 is 1.29 bits per heavy atom. The van der Waals surface area contributed by atoms with E-state index in [2.05, 4.69) is 19.0 Å². The third-order valence-corrected chi connectivity index (χ3v) is 2.49. The molecular weight excluding hydrogens is 216 g/mol. The van der Waals surface area contributed by atoms with Crippen LogP contribution >= 0.6 is 0 Å². The second kappa shape index (κ2) is 7.14. The van der Waals surface area contributed by atoms with Crippen molar-refractivity contribution in [3.05, 3.63) is 23.8 Å². The number of hydrogen-bond acceptors (Lipinski definition) is 4. The number of methoxy groups -OCH3 is 1. The van der Waals surface area contributed by atoms with Crippen LogP contribution in [-0.2, 0) is 6.54 Å². The number of ether oxygens (including phenoxy) is 2. The lowest BCUT2D eigenvalue weighted by Crippen LogP contribution is -2.16. The van der Waals surface area contributed by atoms with Gasteiger partial charge in [0.25, 0.3) is 0 Å². The second-order valence-electron chi connectivity index (χ2n) is 4.18. The summed E-state index contributed by atoms with van der Waals surface area (Å²) in [6.45, 7) is 2.19. The molecule has 0 bridgehead atoms. The van der Waals surface area contributed by atoms with Gasteiger partial charge in [-0.15, -0.1) is 0 Å². The van der Waals surface area contributed by atoms with E-state index in [0.29, 0.717) is 13.2 Å². The SMILES string of the molecule is COc1ccc(OCCCN(C)C)c(CN)c1. The Bertz CT molecular complexity index is 340. The molecule has 2 N–H and O–H groups in total. The zero-order valence-electron chi connectivity index (χ0n) is 10.9. The van der Waals surface area contributed by atoms with E-state index in [1.54, 1.807) is 7.11 Å². The van der Waals surface area contributed by atoms with Gasteiger partial charge in [0.2, 0.25) is 0 Å². The number of hydrogen-bond donors (Lipinski definition) is 1. The van der Waals surface area contributed by atoms with Gasteiger partial charge >= 0.3 is 0 Å². The molecule has 96 valence electrons. The molecule has 0 aliphatic rings. The first kappa shape index (κ1) is 13.8. The highest BCUT2D eigenvalue weighted by molar-refractivity contribution is 5.40. The first-order chi connectivity index (χ1) is 8.17. The number of rotatable bonds is 7. The van der Waals surface area contributed by atoms with Crippen molar-refractivity contribution < 1.29 is 9.47 Å². The molecule has 1 aromatic carbocycles. The summed E-state index contributed by atoms with van der Waals surface area (Å²) >= 11 is 0. The van der Waals surface area contributed by atoms with Gasteiger partial charge in [-0.25, -0.2) is 0 Å². The van der Waals surface area contributed by atoms with Crippen molar-refractivity contribution in [3.8, 4) is 11.5 Å². The fourth-order valence-corrected chi connectivity index (χ4v) is 1.55. The standard InChI is InChI=1S/C13H22N2O2/c1-15(2)7-4-8-17-13-6-5-12(16-3)9-11(13)10-14/h5-6,9H,4,7-8,10,14H2,1-3H3. The highest BCUT2D eigenvalue weighted by Gasteiger charge is 2.04. The van der Waals surface area contributed by atoms with E-state index in [1.165, 1.54) is 0 Å². The molecule has 1 rings (SSSR count). The van der Waals surface area contributed by atoms with E-state index in [0.717, 1.165) is 30.0 Å². The summed E-state index contributed by atoms with van der Waals surface area (Å²) in [5.41, 5.74) is 6.66. The minimum atomic E-state index is 0.459. The minimum Gasteiger partial charge on any atom is -0.497 e. The van der Waals surface area contributed by atoms with Crippen molar-refractivity contribution in [2.45, 2.75) is 13.0 Å². The summed E-state index contributed by atoms with van der Waals surface area (Å²) in [6, 6.07) is 5.72. The third kappa shape index (κ3) is 4.63. The molecule has 0 heterocycles. The van der Waals surface area contributed by atoms with Crippen LogP contribution in [-0.4, -0.2) is 39.3 Å². The van der Waals surface area contributed by atoms with Crippen LogP contribution in [0.1, 0.15) is 12.0 Å². The summed E-state index contributed by atoms with van der Waals surface area (Å²) < 4.78 is 10.9. The van der Waals surface area contributed by atoms with Crippen molar-refractivity contribution in [1.82, 2.24) is 4.90 Å². The minimum absolute atomic E-state index is 0.459. The van der Waals surface area contributed by atoms with E-state index in [4.69, 9.17) is 15.2 Å². The smallest absolute Gasteiger partial charge is 0.124 e. The normalized spacial score (nSPS) is 10.6. The van der Waals surface area contributed by atoms with Crippen LogP contribution in [0.5, 0.6) is 11.5 Å². The van der Waals surface area contributed by atoms with Crippen LogP contribution in [0, 0.1) is 0 Å². The van der Waals surface area contributed by atoms with Crippen molar-refractivity contribution in [1.29, 1.82) is 0 Å². The molecule has 0 saturated heterocycles. The van der Waals surface area contributed by atoms with Gasteiger partial charge in [-0.05, 0) is 38.7 Å². The molecule has 0 spiro atoms. The van der Waals surface area contributed by atoms with Gasteiger partial charge in [0.15, 0.2) is 0 Å². The van der Waals surface area contributed by atoms with E-state index < -0.39 is 0 Å². The molecule has 4 nitrogen and oxygen atoms in total. The topological polar surface area (TPSA) is 47.7 Å². The summed E-state index contributed by atoms with van der Waals surface area (Å²) in [4.78, 5) is 2.14. The Hall–Kier alpha value is -1.26. The lowest BCUT2D eigenvalue weighted by atomic mass is 10.2. The largest absolute Gasteiger partial charge is 0.497 e. The molecule has 0 saturated carbocycles. The lowest BCUT2D eigenvalue weighted by Gasteiger charge is -2.13. The van der Waals surface area contributed by atoms with Crippen molar-refractivity contribution in [2.75, 3.05) is 34.4 Å². The molecule has 0 fully saturated rings. The molecule has 17 heavy (non-hydrogen) atoms. The van der Waals surface area contributed by atoms with Gasteiger partial charge < -0.3 is 20.1 Å². The van der Waals surface area contributed by atoms with E-state index in [9.17, 15) is 0 Å². The molecule has 0 amide bonds. The first-order valence-corrected chi connectivity index (χ1v) is 5.82. The molecule has 0 radical (unpaired) electrons. The average Bonchev–Trinajstić information content (AvgIpc) is 2.34. The van der Waals surface area contributed by atoms with Crippen LogP contribution in [0.4, 0.5) is 0 Å². The van der Waals surface area contributed by atoms with Crippen molar-refractivity contribution >= 4 is 0 Å². The maximum absolute atomic E-state index is 5.72. The zero-order chi connectivity index (χ0) is 12.7. The first-order valence-electron chi connectivity index (χ1n) is 5.82. The Labute approximate surface area is 103 Å². The molecular formula is C13H22N2O2. The Morgan fingerprint density at radius 2 is 2.06 bits per heavy atom. The van der Waals surface area contributed by atoms with Crippen LogP contribution in [0.3, 0.4) is 0 Å². The number of nitrogens with two attached hydrogens (primary N) is 1. The molecule has 0 aliphatic carbocycles. The average molecular weight is 238 g/mol. The van der Waals surface area contributed by atoms with Gasteiger partial charge in [0.1, 0.15) is 11.5 Å². The maximum Gasteiger partial charge on any atom is 0.124 e. The highest BCUT2D eigenvalue weighted by Crippen LogP contribution is 2.23. The summed E-state index contributed by atoms with van der Waals surface area (Å²) in [5.74, 6) is 1.66. The second-order valence-corrected chi connectivity index (χ2v) is 4.18. The Morgan fingerprint density at radius 3 is 2.65 bits per heavy atom. The summed E-state index contributed by atoms with van der Waals surface area (Å²) in [7, 11) is 5.75. The zero-order valence-corrected chi connectivity index (χ0v) is 10.9.